The molecule has 1 aliphatic carbocycles. The summed E-state index contributed by atoms with van der Waals surface area (Å²) in [5, 5.41) is 11.3. The maximum absolute atomic E-state index is 13.1. The van der Waals surface area contributed by atoms with E-state index in [0.29, 0.717) is 22.8 Å². The standard InChI is InChI=1S/C18H26ClFO/c1-17(2,3)14-5-4-9-18(21,10-8-14)12-13-6-7-15(20)11-16(13)19/h6-7,11,14,21H,4-5,8-10,12H2,1-3H3. The van der Waals surface area contributed by atoms with Crippen molar-refractivity contribution in [3.8, 4) is 0 Å². The maximum Gasteiger partial charge on any atom is 0.124 e. The van der Waals surface area contributed by atoms with Crippen LogP contribution in [-0.4, -0.2) is 10.7 Å². The van der Waals surface area contributed by atoms with E-state index in [1.54, 1.807) is 6.07 Å². The molecule has 3 heteroatoms. The lowest BCUT2D eigenvalue weighted by Crippen LogP contribution is -2.31. The Bertz CT molecular complexity index is 494. The largest absolute Gasteiger partial charge is 0.390 e. The Kier molecular flexibility index (Phi) is 4.99. The molecule has 1 fully saturated rings. The number of hydrogen-bond donors (Lipinski definition) is 1. The van der Waals surface area contributed by atoms with Crippen molar-refractivity contribution in [1.29, 1.82) is 0 Å². The number of benzene rings is 1. The van der Waals surface area contributed by atoms with Crippen LogP contribution in [0.1, 0.15) is 58.4 Å². The van der Waals surface area contributed by atoms with E-state index in [1.165, 1.54) is 18.6 Å². The highest BCUT2D eigenvalue weighted by molar-refractivity contribution is 6.31. The Labute approximate surface area is 132 Å². The summed E-state index contributed by atoms with van der Waals surface area (Å²) in [6.07, 6.45) is 5.36. The smallest absolute Gasteiger partial charge is 0.124 e. The summed E-state index contributed by atoms with van der Waals surface area (Å²) >= 11 is 6.10. The van der Waals surface area contributed by atoms with Crippen LogP contribution in [0.4, 0.5) is 4.39 Å². The van der Waals surface area contributed by atoms with Gasteiger partial charge >= 0.3 is 0 Å². The van der Waals surface area contributed by atoms with Gasteiger partial charge < -0.3 is 5.11 Å². The van der Waals surface area contributed by atoms with Crippen LogP contribution in [0.3, 0.4) is 0 Å². The monoisotopic (exact) mass is 312 g/mol. The van der Waals surface area contributed by atoms with Crippen LogP contribution in [-0.2, 0) is 6.42 Å². The fraction of sp³-hybridized carbons (Fsp3) is 0.667. The summed E-state index contributed by atoms with van der Waals surface area (Å²) in [4.78, 5) is 0. The molecule has 0 spiro atoms. The van der Waals surface area contributed by atoms with Crippen molar-refractivity contribution < 1.29 is 9.50 Å². The van der Waals surface area contributed by atoms with Crippen molar-refractivity contribution in [3.05, 3.63) is 34.6 Å². The molecule has 1 aromatic carbocycles. The molecule has 21 heavy (non-hydrogen) atoms. The minimum absolute atomic E-state index is 0.290. The number of halogens is 2. The molecule has 1 N–H and O–H groups in total. The van der Waals surface area contributed by atoms with Crippen LogP contribution in [0.5, 0.6) is 0 Å². The fourth-order valence-corrected chi connectivity index (χ4v) is 3.69. The summed E-state index contributed by atoms with van der Waals surface area (Å²) in [6, 6.07) is 4.44. The molecule has 1 nitrogen and oxygen atoms in total. The molecular weight excluding hydrogens is 287 g/mol. The third-order valence-electron chi connectivity index (χ3n) is 4.91. The van der Waals surface area contributed by atoms with Crippen LogP contribution in [0, 0.1) is 17.2 Å². The molecule has 2 unspecified atom stereocenters. The second kappa shape index (κ2) is 6.26. The molecule has 0 amide bonds. The van der Waals surface area contributed by atoms with E-state index >= 15 is 0 Å². The maximum atomic E-state index is 13.1. The van der Waals surface area contributed by atoms with Crippen LogP contribution in [0.25, 0.3) is 0 Å². The van der Waals surface area contributed by atoms with E-state index in [4.69, 9.17) is 11.6 Å². The average Bonchev–Trinajstić information content (AvgIpc) is 2.55. The van der Waals surface area contributed by atoms with E-state index in [0.717, 1.165) is 31.2 Å². The summed E-state index contributed by atoms with van der Waals surface area (Å²) < 4.78 is 13.1. The van der Waals surface area contributed by atoms with E-state index in [9.17, 15) is 9.50 Å². The first-order valence-electron chi connectivity index (χ1n) is 7.86. The van der Waals surface area contributed by atoms with Gasteiger partial charge in [0.25, 0.3) is 0 Å². The third-order valence-corrected chi connectivity index (χ3v) is 5.26. The molecule has 0 aliphatic heterocycles. The minimum Gasteiger partial charge on any atom is -0.390 e. The molecule has 1 saturated carbocycles. The number of hydrogen-bond acceptors (Lipinski definition) is 1. The van der Waals surface area contributed by atoms with E-state index in [1.807, 2.05) is 0 Å². The van der Waals surface area contributed by atoms with Gasteiger partial charge in [-0.05, 0) is 54.7 Å². The molecule has 0 heterocycles. The van der Waals surface area contributed by atoms with Gasteiger partial charge in [0.15, 0.2) is 0 Å². The molecule has 0 radical (unpaired) electrons. The summed E-state index contributed by atoms with van der Waals surface area (Å²) in [6.45, 7) is 6.83. The highest BCUT2D eigenvalue weighted by atomic mass is 35.5. The van der Waals surface area contributed by atoms with E-state index in [2.05, 4.69) is 20.8 Å². The summed E-state index contributed by atoms with van der Waals surface area (Å²) in [5.41, 5.74) is 0.426. The van der Waals surface area contributed by atoms with Crippen LogP contribution in [0.15, 0.2) is 18.2 Å². The van der Waals surface area contributed by atoms with Crippen LogP contribution >= 0.6 is 11.6 Å². The van der Waals surface area contributed by atoms with E-state index in [-0.39, 0.29) is 5.82 Å². The Morgan fingerprint density at radius 1 is 1.29 bits per heavy atom. The summed E-state index contributed by atoms with van der Waals surface area (Å²) in [7, 11) is 0. The average molecular weight is 313 g/mol. The van der Waals surface area contributed by atoms with Crippen molar-refractivity contribution in [3.63, 3.8) is 0 Å². The van der Waals surface area contributed by atoms with Gasteiger partial charge in [0.05, 0.1) is 5.60 Å². The zero-order valence-corrected chi connectivity index (χ0v) is 14.0. The van der Waals surface area contributed by atoms with Gasteiger partial charge in [0, 0.05) is 11.4 Å². The predicted octanol–water partition coefficient (Wildman–Crippen LogP) is 5.38. The molecule has 118 valence electrons. The molecular formula is C18H26ClFO. The Hall–Kier alpha value is -0.600. The molecule has 0 saturated heterocycles. The zero-order valence-electron chi connectivity index (χ0n) is 13.3. The predicted molar refractivity (Wildman–Crippen MR) is 86.1 cm³/mol. The first kappa shape index (κ1) is 16.8. The van der Waals surface area contributed by atoms with Gasteiger partial charge in [-0.25, -0.2) is 4.39 Å². The van der Waals surface area contributed by atoms with Crippen LogP contribution in [0.2, 0.25) is 5.02 Å². The second-order valence-electron chi connectivity index (χ2n) is 7.63. The molecule has 0 aromatic heterocycles. The Morgan fingerprint density at radius 2 is 2.00 bits per heavy atom. The van der Waals surface area contributed by atoms with Crippen molar-refractivity contribution in [1.82, 2.24) is 0 Å². The van der Waals surface area contributed by atoms with Crippen molar-refractivity contribution >= 4 is 11.6 Å². The minimum atomic E-state index is -0.707. The van der Waals surface area contributed by atoms with Gasteiger partial charge in [-0.1, -0.05) is 44.9 Å². The second-order valence-corrected chi connectivity index (χ2v) is 8.04. The fourth-order valence-electron chi connectivity index (χ4n) is 3.45. The number of rotatable bonds is 2. The van der Waals surface area contributed by atoms with Crippen molar-refractivity contribution in [2.24, 2.45) is 11.3 Å². The first-order chi connectivity index (χ1) is 9.70. The van der Waals surface area contributed by atoms with Crippen LogP contribution < -0.4 is 0 Å². The Balaban J connectivity index is 2.08. The van der Waals surface area contributed by atoms with Crippen molar-refractivity contribution in [2.75, 3.05) is 0 Å². The highest BCUT2D eigenvalue weighted by Gasteiger charge is 2.35. The van der Waals surface area contributed by atoms with Crippen molar-refractivity contribution in [2.45, 2.75) is 64.9 Å². The lowest BCUT2D eigenvalue weighted by atomic mass is 9.76. The lowest BCUT2D eigenvalue weighted by Gasteiger charge is -2.31. The van der Waals surface area contributed by atoms with Gasteiger partial charge in [0.1, 0.15) is 5.82 Å². The number of aliphatic hydroxyl groups is 1. The molecule has 1 aliphatic rings. The zero-order chi connectivity index (χ0) is 15.7. The molecule has 2 rings (SSSR count). The topological polar surface area (TPSA) is 20.2 Å². The molecule has 0 bridgehead atoms. The van der Waals surface area contributed by atoms with Gasteiger partial charge in [-0.15, -0.1) is 0 Å². The van der Waals surface area contributed by atoms with Gasteiger partial charge in [-0.3, -0.25) is 0 Å². The SMILES string of the molecule is CC(C)(C)C1CCCC(O)(Cc2ccc(F)cc2Cl)CC1. The quantitative estimate of drug-likeness (QED) is 0.727. The third kappa shape index (κ3) is 4.43. The highest BCUT2D eigenvalue weighted by Crippen LogP contribution is 2.41. The van der Waals surface area contributed by atoms with E-state index < -0.39 is 5.60 Å². The van der Waals surface area contributed by atoms with Gasteiger partial charge in [-0.2, -0.15) is 0 Å². The van der Waals surface area contributed by atoms with Gasteiger partial charge in [0.2, 0.25) is 0 Å². The molecule has 1 aromatic rings. The summed E-state index contributed by atoms with van der Waals surface area (Å²) in [5.74, 6) is 0.319. The normalized spacial score (nSPS) is 27.4. The Morgan fingerprint density at radius 3 is 2.62 bits per heavy atom. The molecule has 2 atom stereocenters. The first-order valence-corrected chi connectivity index (χ1v) is 8.24. The lowest BCUT2D eigenvalue weighted by molar-refractivity contribution is 0.0225.